The number of nitrogens with one attached hydrogen (secondary N) is 1. The zero-order valence-corrected chi connectivity index (χ0v) is 12.2. The molecule has 20 heavy (non-hydrogen) atoms. The van der Waals surface area contributed by atoms with E-state index in [9.17, 15) is 0 Å². The molecule has 1 aromatic heterocycles. The molecule has 0 saturated carbocycles. The Morgan fingerprint density at radius 3 is 2.30 bits per heavy atom. The standard InChI is InChI=1S/C17H16N2S/c1-2-12-8-10-14(11-9-12)16-18-15(17(20)19-16)13-6-4-3-5-7-13/h3-11,20H,2H2,1H3,(H,18,19). The van der Waals surface area contributed by atoms with Gasteiger partial charge in [-0.25, -0.2) is 4.98 Å². The number of hydrogen-bond donors (Lipinski definition) is 2. The number of benzene rings is 2. The third-order valence-corrected chi connectivity index (χ3v) is 3.71. The highest BCUT2D eigenvalue weighted by Gasteiger charge is 2.10. The Labute approximate surface area is 124 Å². The fraction of sp³-hybridized carbons (Fsp3) is 0.118. The number of aromatic amines is 1. The molecular formula is C17H16N2S. The molecule has 1 N–H and O–H groups in total. The number of nitrogens with zero attached hydrogens (tertiary/aromatic N) is 1. The molecule has 2 aromatic carbocycles. The molecule has 0 saturated heterocycles. The minimum absolute atomic E-state index is 0.728. The van der Waals surface area contributed by atoms with Gasteiger partial charge in [0.2, 0.25) is 0 Å². The third-order valence-electron chi connectivity index (χ3n) is 3.38. The van der Waals surface area contributed by atoms with Crippen LogP contribution in [0.1, 0.15) is 12.5 Å². The largest absolute Gasteiger partial charge is 0.337 e. The molecule has 3 rings (SSSR count). The molecule has 0 amide bonds. The SMILES string of the molecule is CCc1ccc(-c2nc(S)c(-c3ccccc3)[nH]2)cc1. The van der Waals surface area contributed by atoms with Gasteiger partial charge in [-0.05, 0) is 12.0 Å². The van der Waals surface area contributed by atoms with E-state index in [1.165, 1.54) is 5.56 Å². The van der Waals surface area contributed by atoms with Crippen LogP contribution < -0.4 is 0 Å². The quantitative estimate of drug-likeness (QED) is 0.675. The van der Waals surface area contributed by atoms with Gasteiger partial charge < -0.3 is 4.98 Å². The van der Waals surface area contributed by atoms with E-state index in [1.807, 2.05) is 18.2 Å². The van der Waals surface area contributed by atoms with Crippen molar-refractivity contribution in [2.75, 3.05) is 0 Å². The van der Waals surface area contributed by atoms with Gasteiger partial charge in [-0.1, -0.05) is 61.5 Å². The van der Waals surface area contributed by atoms with E-state index in [0.717, 1.165) is 34.1 Å². The van der Waals surface area contributed by atoms with Gasteiger partial charge in [0.1, 0.15) is 10.9 Å². The van der Waals surface area contributed by atoms with E-state index < -0.39 is 0 Å². The Kier molecular flexibility index (Phi) is 3.61. The smallest absolute Gasteiger partial charge is 0.139 e. The highest BCUT2D eigenvalue weighted by molar-refractivity contribution is 7.80. The summed E-state index contributed by atoms with van der Waals surface area (Å²) in [6, 6.07) is 18.6. The van der Waals surface area contributed by atoms with Crippen molar-refractivity contribution in [1.82, 2.24) is 9.97 Å². The van der Waals surface area contributed by atoms with Crippen molar-refractivity contribution in [3.05, 3.63) is 60.2 Å². The molecule has 1 heterocycles. The predicted octanol–water partition coefficient (Wildman–Crippen LogP) is 4.59. The van der Waals surface area contributed by atoms with Crippen molar-refractivity contribution in [2.24, 2.45) is 0 Å². The lowest BCUT2D eigenvalue weighted by Gasteiger charge is -2.00. The van der Waals surface area contributed by atoms with E-state index in [4.69, 9.17) is 0 Å². The number of aryl methyl sites for hydroxylation is 1. The maximum Gasteiger partial charge on any atom is 0.139 e. The van der Waals surface area contributed by atoms with Gasteiger partial charge in [-0.3, -0.25) is 0 Å². The van der Waals surface area contributed by atoms with Crippen molar-refractivity contribution in [2.45, 2.75) is 18.4 Å². The van der Waals surface area contributed by atoms with Gasteiger partial charge in [0, 0.05) is 11.1 Å². The van der Waals surface area contributed by atoms with E-state index in [0.29, 0.717) is 0 Å². The molecule has 3 heteroatoms. The van der Waals surface area contributed by atoms with Crippen LogP contribution in [-0.4, -0.2) is 9.97 Å². The highest BCUT2D eigenvalue weighted by atomic mass is 32.1. The molecule has 0 aliphatic heterocycles. The number of hydrogen-bond acceptors (Lipinski definition) is 2. The molecule has 100 valence electrons. The summed E-state index contributed by atoms with van der Waals surface area (Å²) in [6.45, 7) is 2.15. The van der Waals surface area contributed by atoms with Crippen molar-refractivity contribution in [1.29, 1.82) is 0 Å². The minimum Gasteiger partial charge on any atom is -0.337 e. The molecular weight excluding hydrogens is 264 g/mol. The zero-order chi connectivity index (χ0) is 13.9. The number of H-pyrrole nitrogens is 1. The van der Waals surface area contributed by atoms with Gasteiger partial charge in [0.15, 0.2) is 0 Å². The van der Waals surface area contributed by atoms with E-state index in [1.54, 1.807) is 0 Å². The van der Waals surface area contributed by atoms with Crippen LogP contribution in [0.25, 0.3) is 22.6 Å². The van der Waals surface area contributed by atoms with Crippen LogP contribution in [-0.2, 0) is 6.42 Å². The molecule has 0 unspecified atom stereocenters. The fourth-order valence-electron chi connectivity index (χ4n) is 2.21. The first kappa shape index (κ1) is 13.0. The Bertz CT molecular complexity index is 700. The molecule has 2 nitrogen and oxygen atoms in total. The highest BCUT2D eigenvalue weighted by Crippen LogP contribution is 2.28. The van der Waals surface area contributed by atoms with Crippen LogP contribution >= 0.6 is 12.6 Å². The molecule has 0 atom stereocenters. The lowest BCUT2D eigenvalue weighted by atomic mass is 10.1. The van der Waals surface area contributed by atoms with Crippen molar-refractivity contribution < 1.29 is 0 Å². The third kappa shape index (κ3) is 2.49. The summed E-state index contributed by atoms with van der Waals surface area (Å²) in [5, 5.41) is 0.728. The molecule has 3 aromatic rings. The Morgan fingerprint density at radius 1 is 0.950 bits per heavy atom. The van der Waals surface area contributed by atoms with E-state index >= 15 is 0 Å². The Morgan fingerprint density at radius 2 is 1.65 bits per heavy atom. The van der Waals surface area contributed by atoms with Gasteiger partial charge in [-0.15, -0.1) is 12.6 Å². The Balaban J connectivity index is 2.00. The second kappa shape index (κ2) is 5.55. The van der Waals surface area contributed by atoms with Gasteiger partial charge >= 0.3 is 0 Å². The second-order valence-electron chi connectivity index (χ2n) is 4.70. The summed E-state index contributed by atoms with van der Waals surface area (Å²) in [4.78, 5) is 7.89. The molecule has 0 aliphatic carbocycles. The molecule has 0 spiro atoms. The summed E-state index contributed by atoms with van der Waals surface area (Å²) >= 11 is 4.48. The fourth-order valence-corrected chi connectivity index (χ4v) is 2.49. The first-order valence-electron chi connectivity index (χ1n) is 6.71. The zero-order valence-electron chi connectivity index (χ0n) is 11.3. The van der Waals surface area contributed by atoms with Crippen LogP contribution in [0.4, 0.5) is 0 Å². The minimum atomic E-state index is 0.728. The number of thiol groups is 1. The summed E-state index contributed by atoms with van der Waals surface area (Å²) in [7, 11) is 0. The van der Waals surface area contributed by atoms with Crippen LogP contribution in [0.3, 0.4) is 0 Å². The maximum absolute atomic E-state index is 4.52. The molecule has 0 fully saturated rings. The lowest BCUT2D eigenvalue weighted by molar-refractivity contribution is 1.14. The van der Waals surface area contributed by atoms with Crippen LogP contribution in [0.2, 0.25) is 0 Å². The summed E-state index contributed by atoms with van der Waals surface area (Å²) < 4.78 is 0. The van der Waals surface area contributed by atoms with Crippen molar-refractivity contribution >= 4 is 12.6 Å². The predicted molar refractivity (Wildman–Crippen MR) is 86.1 cm³/mol. The van der Waals surface area contributed by atoms with Gasteiger partial charge in [-0.2, -0.15) is 0 Å². The number of rotatable bonds is 3. The molecule has 0 bridgehead atoms. The maximum atomic E-state index is 4.52. The van der Waals surface area contributed by atoms with E-state index in [-0.39, 0.29) is 0 Å². The van der Waals surface area contributed by atoms with Crippen LogP contribution in [0.5, 0.6) is 0 Å². The average molecular weight is 280 g/mol. The number of aromatic nitrogens is 2. The summed E-state index contributed by atoms with van der Waals surface area (Å²) in [5.41, 5.74) is 4.47. The van der Waals surface area contributed by atoms with Crippen molar-refractivity contribution in [3.8, 4) is 22.6 Å². The van der Waals surface area contributed by atoms with Gasteiger partial charge in [0.05, 0.1) is 5.69 Å². The first-order chi connectivity index (χ1) is 9.78. The summed E-state index contributed by atoms with van der Waals surface area (Å²) in [5.74, 6) is 0.858. The number of imidazole rings is 1. The average Bonchev–Trinajstić information content (AvgIpc) is 2.90. The topological polar surface area (TPSA) is 28.7 Å². The normalized spacial score (nSPS) is 10.7. The lowest BCUT2D eigenvalue weighted by Crippen LogP contribution is -1.83. The molecule has 0 aliphatic rings. The Hall–Kier alpha value is -2.00. The van der Waals surface area contributed by atoms with Gasteiger partial charge in [0.25, 0.3) is 0 Å². The first-order valence-corrected chi connectivity index (χ1v) is 7.16. The second-order valence-corrected chi connectivity index (χ2v) is 5.12. The van der Waals surface area contributed by atoms with Crippen LogP contribution in [0, 0.1) is 0 Å². The van der Waals surface area contributed by atoms with Crippen molar-refractivity contribution in [3.63, 3.8) is 0 Å². The van der Waals surface area contributed by atoms with Crippen LogP contribution in [0.15, 0.2) is 59.6 Å². The molecule has 0 radical (unpaired) electrons. The summed E-state index contributed by atoms with van der Waals surface area (Å²) in [6.07, 6.45) is 1.05. The monoisotopic (exact) mass is 280 g/mol. The van der Waals surface area contributed by atoms with E-state index in [2.05, 4.69) is 65.9 Å².